The molecular formula is C27H32N2O2. The molecule has 1 aliphatic rings. The molecule has 0 bridgehead atoms. The van der Waals surface area contributed by atoms with E-state index in [9.17, 15) is 5.11 Å². The summed E-state index contributed by atoms with van der Waals surface area (Å²) in [7, 11) is 0. The highest BCUT2D eigenvalue weighted by Gasteiger charge is 2.26. The minimum atomic E-state index is 0.0220. The van der Waals surface area contributed by atoms with Gasteiger partial charge in [-0.05, 0) is 78.2 Å². The molecule has 1 unspecified atom stereocenters. The number of aliphatic hydroxyl groups excluding tert-OH is 1. The maximum Gasteiger partial charge on any atom is 0.130 e. The Hall–Kier alpha value is -2.69. The number of benzene rings is 2. The van der Waals surface area contributed by atoms with Crippen LogP contribution >= 0.6 is 0 Å². The quantitative estimate of drug-likeness (QED) is 0.530. The number of likely N-dealkylation sites (tertiary alicyclic amines) is 1. The fraction of sp³-hybridized carbons (Fsp3) is 0.370. The van der Waals surface area contributed by atoms with Crippen LogP contribution < -0.4 is 4.74 Å². The molecule has 1 N–H and O–H groups in total. The molecule has 1 atom stereocenters. The number of hydrogen-bond acceptors (Lipinski definition) is 4. The first-order chi connectivity index (χ1) is 15.0. The zero-order valence-corrected chi connectivity index (χ0v) is 18.7. The molecule has 1 aromatic heterocycles. The van der Waals surface area contributed by atoms with Crippen LogP contribution in [0.3, 0.4) is 0 Å². The molecular weight excluding hydrogens is 384 g/mol. The third-order valence-corrected chi connectivity index (χ3v) is 6.26. The van der Waals surface area contributed by atoms with Gasteiger partial charge in [0.2, 0.25) is 0 Å². The molecule has 0 aliphatic carbocycles. The van der Waals surface area contributed by atoms with Crippen molar-refractivity contribution < 1.29 is 9.84 Å². The van der Waals surface area contributed by atoms with E-state index in [1.54, 1.807) is 0 Å². The standard InChI is InChI=1S/C27H32N2O2/c1-19(2)24-8-4-5-9-27(24)31-23-10-11-25(22(15-23)18-30)21-12-14-29(16-21)17-26-20(3)7-6-13-28-26/h4-11,13,15,19,21,30H,12,14,16-18H2,1-3H3. The van der Waals surface area contributed by atoms with Crippen LogP contribution in [0.4, 0.5) is 0 Å². The molecule has 4 rings (SSSR count). The molecule has 4 nitrogen and oxygen atoms in total. The van der Waals surface area contributed by atoms with Gasteiger partial charge in [-0.2, -0.15) is 0 Å². The second-order valence-corrected chi connectivity index (χ2v) is 8.80. The van der Waals surface area contributed by atoms with Crippen molar-refractivity contribution in [3.05, 3.63) is 88.7 Å². The van der Waals surface area contributed by atoms with E-state index in [0.29, 0.717) is 11.8 Å². The molecule has 31 heavy (non-hydrogen) atoms. The minimum absolute atomic E-state index is 0.0220. The number of para-hydroxylation sites is 1. The summed E-state index contributed by atoms with van der Waals surface area (Å²) >= 11 is 0. The van der Waals surface area contributed by atoms with E-state index < -0.39 is 0 Å². The van der Waals surface area contributed by atoms with Crippen molar-refractivity contribution in [2.45, 2.75) is 52.2 Å². The highest BCUT2D eigenvalue weighted by molar-refractivity contribution is 5.43. The number of nitrogens with zero attached hydrogens (tertiary/aromatic N) is 2. The molecule has 4 heteroatoms. The third kappa shape index (κ3) is 4.97. The molecule has 0 amide bonds. The molecule has 2 aromatic carbocycles. The lowest BCUT2D eigenvalue weighted by Gasteiger charge is -2.19. The van der Waals surface area contributed by atoms with Gasteiger partial charge < -0.3 is 9.84 Å². The summed E-state index contributed by atoms with van der Waals surface area (Å²) in [5, 5.41) is 10.1. The second kappa shape index (κ2) is 9.63. The largest absolute Gasteiger partial charge is 0.457 e. The Bertz CT molecular complexity index is 1030. The Kier molecular flexibility index (Phi) is 6.69. The van der Waals surface area contributed by atoms with Crippen molar-refractivity contribution in [2.24, 2.45) is 0 Å². The van der Waals surface area contributed by atoms with Gasteiger partial charge in [-0.25, -0.2) is 0 Å². The number of aromatic nitrogens is 1. The molecule has 0 radical (unpaired) electrons. The SMILES string of the molecule is Cc1cccnc1CN1CCC(c2ccc(Oc3ccccc3C(C)C)cc2CO)C1. The van der Waals surface area contributed by atoms with Crippen LogP contribution in [0.5, 0.6) is 11.5 Å². The van der Waals surface area contributed by atoms with Crippen molar-refractivity contribution >= 4 is 0 Å². The van der Waals surface area contributed by atoms with Gasteiger partial charge >= 0.3 is 0 Å². The Morgan fingerprint density at radius 3 is 2.74 bits per heavy atom. The molecule has 3 aromatic rings. The number of pyridine rings is 1. The molecule has 1 aliphatic heterocycles. The smallest absolute Gasteiger partial charge is 0.130 e. The van der Waals surface area contributed by atoms with Gasteiger partial charge in [-0.3, -0.25) is 9.88 Å². The highest BCUT2D eigenvalue weighted by Crippen LogP contribution is 2.35. The molecule has 0 spiro atoms. The Morgan fingerprint density at radius 2 is 1.97 bits per heavy atom. The lowest BCUT2D eigenvalue weighted by molar-refractivity contribution is 0.278. The van der Waals surface area contributed by atoms with Crippen LogP contribution in [0.1, 0.15) is 60.1 Å². The first-order valence-electron chi connectivity index (χ1n) is 11.2. The Balaban J connectivity index is 1.48. The van der Waals surface area contributed by atoms with E-state index >= 15 is 0 Å². The number of aliphatic hydroxyl groups is 1. The fourth-order valence-corrected chi connectivity index (χ4v) is 4.48. The highest BCUT2D eigenvalue weighted by atomic mass is 16.5. The molecule has 1 fully saturated rings. The average Bonchev–Trinajstić information content (AvgIpc) is 3.24. The van der Waals surface area contributed by atoms with Crippen LogP contribution in [0.15, 0.2) is 60.8 Å². The van der Waals surface area contributed by atoms with E-state index in [0.717, 1.165) is 48.8 Å². The Labute approximate surface area is 185 Å². The van der Waals surface area contributed by atoms with Gasteiger partial charge in [0.05, 0.1) is 12.3 Å². The van der Waals surface area contributed by atoms with Crippen molar-refractivity contribution in [1.29, 1.82) is 0 Å². The summed E-state index contributed by atoms with van der Waals surface area (Å²) in [6.45, 7) is 9.39. The van der Waals surface area contributed by atoms with E-state index in [1.807, 2.05) is 42.6 Å². The maximum atomic E-state index is 10.1. The number of hydrogen-bond donors (Lipinski definition) is 1. The molecule has 2 heterocycles. The summed E-state index contributed by atoms with van der Waals surface area (Å²) in [6.07, 6.45) is 2.96. The van der Waals surface area contributed by atoms with E-state index in [2.05, 4.69) is 48.9 Å². The zero-order chi connectivity index (χ0) is 21.8. The van der Waals surface area contributed by atoms with Crippen LogP contribution in [0, 0.1) is 6.92 Å². The van der Waals surface area contributed by atoms with Crippen LogP contribution in [-0.2, 0) is 13.2 Å². The van der Waals surface area contributed by atoms with Crippen molar-refractivity contribution in [2.75, 3.05) is 13.1 Å². The van der Waals surface area contributed by atoms with E-state index in [-0.39, 0.29) is 6.61 Å². The number of ether oxygens (including phenoxy) is 1. The topological polar surface area (TPSA) is 45.6 Å². The summed E-state index contributed by atoms with van der Waals surface area (Å²) in [4.78, 5) is 7.01. The summed E-state index contributed by atoms with van der Waals surface area (Å²) in [6, 6.07) is 18.4. The third-order valence-electron chi connectivity index (χ3n) is 6.26. The van der Waals surface area contributed by atoms with E-state index in [4.69, 9.17) is 4.74 Å². The summed E-state index contributed by atoms with van der Waals surface area (Å²) in [5.41, 5.74) is 5.77. The fourth-order valence-electron chi connectivity index (χ4n) is 4.48. The minimum Gasteiger partial charge on any atom is -0.457 e. The van der Waals surface area contributed by atoms with Gasteiger partial charge in [0.15, 0.2) is 0 Å². The normalized spacial score (nSPS) is 16.7. The number of aryl methyl sites for hydroxylation is 1. The summed E-state index contributed by atoms with van der Waals surface area (Å²) < 4.78 is 6.21. The lowest BCUT2D eigenvalue weighted by atomic mass is 9.93. The predicted molar refractivity (Wildman–Crippen MR) is 125 cm³/mol. The maximum absolute atomic E-state index is 10.1. The molecule has 1 saturated heterocycles. The van der Waals surface area contributed by atoms with Crippen LogP contribution in [0.25, 0.3) is 0 Å². The van der Waals surface area contributed by atoms with Crippen molar-refractivity contribution in [3.8, 4) is 11.5 Å². The molecule has 0 saturated carbocycles. The number of rotatable bonds is 7. The zero-order valence-electron chi connectivity index (χ0n) is 18.7. The van der Waals surface area contributed by atoms with Gasteiger partial charge in [-0.15, -0.1) is 0 Å². The van der Waals surface area contributed by atoms with Gasteiger partial charge in [0, 0.05) is 19.3 Å². The van der Waals surface area contributed by atoms with Crippen molar-refractivity contribution in [1.82, 2.24) is 9.88 Å². The van der Waals surface area contributed by atoms with Gasteiger partial charge in [0.25, 0.3) is 0 Å². The average molecular weight is 417 g/mol. The monoisotopic (exact) mass is 416 g/mol. The van der Waals surface area contributed by atoms with Gasteiger partial charge in [-0.1, -0.05) is 44.2 Å². The van der Waals surface area contributed by atoms with E-state index in [1.165, 1.54) is 16.7 Å². The van der Waals surface area contributed by atoms with Crippen LogP contribution in [0.2, 0.25) is 0 Å². The predicted octanol–water partition coefficient (Wildman–Crippen LogP) is 5.79. The van der Waals surface area contributed by atoms with Crippen LogP contribution in [-0.4, -0.2) is 28.1 Å². The molecule has 162 valence electrons. The lowest BCUT2D eigenvalue weighted by Crippen LogP contribution is -2.21. The first-order valence-corrected chi connectivity index (χ1v) is 11.2. The van der Waals surface area contributed by atoms with Crippen molar-refractivity contribution in [3.63, 3.8) is 0 Å². The summed E-state index contributed by atoms with van der Waals surface area (Å²) in [5.74, 6) is 2.47. The van der Waals surface area contributed by atoms with Gasteiger partial charge in [0.1, 0.15) is 11.5 Å². The first kappa shape index (κ1) is 21.5. The Morgan fingerprint density at radius 1 is 1.13 bits per heavy atom. The second-order valence-electron chi connectivity index (χ2n) is 8.80.